The molecule has 1 aromatic carbocycles. The first-order valence-electron chi connectivity index (χ1n) is 4.62. The van der Waals surface area contributed by atoms with Crippen molar-refractivity contribution in [2.45, 2.75) is 0 Å². The van der Waals surface area contributed by atoms with Gasteiger partial charge in [-0.15, -0.1) is 0 Å². The predicted molar refractivity (Wildman–Crippen MR) is 50.8 cm³/mol. The van der Waals surface area contributed by atoms with E-state index in [1.807, 2.05) is 5.32 Å². The van der Waals surface area contributed by atoms with E-state index in [4.69, 9.17) is 0 Å². The Labute approximate surface area is 98.5 Å². The number of carbonyl (C=O) groups is 2. The van der Waals surface area contributed by atoms with Crippen LogP contribution < -0.4 is 10.1 Å². The van der Waals surface area contributed by atoms with E-state index < -0.39 is 48.0 Å². The van der Waals surface area contributed by atoms with E-state index in [0.29, 0.717) is 0 Å². The third kappa shape index (κ3) is 3.19. The lowest BCUT2D eigenvalue weighted by Gasteiger charge is -2.08. The number of nitrogens with one attached hydrogen (secondary N) is 1. The number of rotatable bonds is 6. The highest BCUT2D eigenvalue weighted by atomic mass is 19.2. The van der Waals surface area contributed by atoms with Crippen LogP contribution in [0.3, 0.4) is 0 Å². The zero-order valence-corrected chi connectivity index (χ0v) is 8.81. The average Bonchev–Trinajstić information content (AvgIpc) is 2.34. The van der Waals surface area contributed by atoms with Crippen LogP contribution in [0.4, 0.5) is 17.6 Å². The second-order valence-electron chi connectivity index (χ2n) is 3.12. The Morgan fingerprint density at radius 1 is 1.22 bits per heavy atom. The van der Waals surface area contributed by atoms with Crippen molar-refractivity contribution in [3.8, 4) is 5.75 Å². The second kappa shape index (κ2) is 5.99. The Kier molecular flexibility index (Phi) is 4.64. The Bertz CT molecular complexity index is 452. The van der Waals surface area contributed by atoms with Crippen molar-refractivity contribution in [2.24, 2.45) is 0 Å². The number of carbonyl (C=O) groups excluding carboxylic acids is 2. The normalized spacial score (nSPS) is 10.0. The first-order chi connectivity index (χ1) is 8.47. The summed E-state index contributed by atoms with van der Waals surface area (Å²) in [6.07, 6.45) is 0.237. The smallest absolute Gasteiger partial charge is 0.207 e. The van der Waals surface area contributed by atoms with Crippen LogP contribution >= 0.6 is 0 Å². The SMILES string of the molecule is O=CNCC(=O)COc1c(F)c(F)cc(F)c1F. The van der Waals surface area contributed by atoms with Gasteiger partial charge in [0, 0.05) is 6.07 Å². The molecule has 1 rings (SSSR count). The lowest BCUT2D eigenvalue weighted by molar-refractivity contribution is -0.122. The van der Waals surface area contributed by atoms with Gasteiger partial charge in [0.1, 0.15) is 6.61 Å². The minimum Gasteiger partial charge on any atom is -0.479 e. The molecule has 0 aromatic heterocycles. The predicted octanol–water partition coefficient (Wildman–Crippen LogP) is 0.937. The summed E-state index contributed by atoms with van der Waals surface area (Å²) in [7, 11) is 0. The molecule has 0 unspecified atom stereocenters. The number of amides is 1. The van der Waals surface area contributed by atoms with Crippen molar-refractivity contribution in [1.29, 1.82) is 0 Å². The number of hydrogen-bond donors (Lipinski definition) is 1. The van der Waals surface area contributed by atoms with E-state index >= 15 is 0 Å². The van der Waals surface area contributed by atoms with Crippen molar-refractivity contribution in [3.63, 3.8) is 0 Å². The van der Waals surface area contributed by atoms with Crippen LogP contribution in [0.5, 0.6) is 5.75 Å². The molecule has 8 heteroatoms. The average molecular weight is 265 g/mol. The van der Waals surface area contributed by atoms with Gasteiger partial charge in [-0.05, 0) is 0 Å². The maximum Gasteiger partial charge on any atom is 0.207 e. The highest BCUT2D eigenvalue weighted by molar-refractivity contribution is 5.83. The number of ether oxygens (including phenoxy) is 1. The quantitative estimate of drug-likeness (QED) is 0.473. The standard InChI is InChI=1S/C10H7F4NO3/c11-6-1-7(12)9(14)10(8(6)13)18-3-5(17)2-15-4-16/h1,4H,2-3H2,(H,15,16). The highest BCUT2D eigenvalue weighted by Gasteiger charge is 2.21. The van der Waals surface area contributed by atoms with Gasteiger partial charge in [-0.1, -0.05) is 0 Å². The van der Waals surface area contributed by atoms with E-state index in [9.17, 15) is 27.2 Å². The van der Waals surface area contributed by atoms with Crippen molar-refractivity contribution < 1.29 is 31.9 Å². The molecule has 0 bridgehead atoms. The maximum atomic E-state index is 13.1. The minimum absolute atomic E-state index is 0.0211. The van der Waals surface area contributed by atoms with Crippen LogP contribution in [0.1, 0.15) is 0 Å². The molecule has 0 aliphatic carbocycles. The van der Waals surface area contributed by atoms with Gasteiger partial charge >= 0.3 is 0 Å². The number of Topliss-reactive ketones (excluding diaryl/α,β-unsaturated/α-hetero) is 1. The third-order valence-electron chi connectivity index (χ3n) is 1.83. The molecule has 0 aliphatic heterocycles. The number of ketones is 1. The summed E-state index contributed by atoms with van der Waals surface area (Å²) in [5, 5.41) is 1.99. The first-order valence-corrected chi connectivity index (χ1v) is 4.62. The van der Waals surface area contributed by atoms with Gasteiger partial charge < -0.3 is 10.1 Å². The Hall–Kier alpha value is -2.12. The first kappa shape index (κ1) is 13.9. The molecule has 0 aliphatic rings. The Balaban J connectivity index is 2.79. The molecule has 0 radical (unpaired) electrons. The van der Waals surface area contributed by atoms with Crippen molar-refractivity contribution in [3.05, 3.63) is 29.3 Å². The number of benzene rings is 1. The lowest BCUT2D eigenvalue weighted by Crippen LogP contribution is -2.26. The van der Waals surface area contributed by atoms with Gasteiger partial charge in [0.15, 0.2) is 23.2 Å². The summed E-state index contributed by atoms with van der Waals surface area (Å²) >= 11 is 0. The van der Waals surface area contributed by atoms with E-state index in [1.165, 1.54) is 0 Å². The topological polar surface area (TPSA) is 55.4 Å². The molecule has 1 amide bonds. The lowest BCUT2D eigenvalue weighted by atomic mass is 10.3. The highest BCUT2D eigenvalue weighted by Crippen LogP contribution is 2.26. The Morgan fingerprint density at radius 2 is 1.78 bits per heavy atom. The van der Waals surface area contributed by atoms with Crippen molar-refractivity contribution in [2.75, 3.05) is 13.2 Å². The van der Waals surface area contributed by atoms with Crippen LogP contribution in [0.15, 0.2) is 6.07 Å². The van der Waals surface area contributed by atoms with E-state index in [0.717, 1.165) is 0 Å². The molecule has 4 nitrogen and oxygen atoms in total. The van der Waals surface area contributed by atoms with Crippen LogP contribution in [-0.2, 0) is 9.59 Å². The van der Waals surface area contributed by atoms with Gasteiger partial charge in [-0.2, -0.15) is 8.78 Å². The third-order valence-corrected chi connectivity index (χ3v) is 1.83. The fraction of sp³-hybridized carbons (Fsp3) is 0.200. The van der Waals surface area contributed by atoms with Crippen molar-refractivity contribution in [1.82, 2.24) is 5.32 Å². The van der Waals surface area contributed by atoms with Gasteiger partial charge in [0.25, 0.3) is 0 Å². The summed E-state index contributed by atoms with van der Waals surface area (Å²) in [4.78, 5) is 20.8. The summed E-state index contributed by atoms with van der Waals surface area (Å²) in [6.45, 7) is -1.26. The molecule has 0 saturated heterocycles. The molecular weight excluding hydrogens is 258 g/mol. The summed E-state index contributed by atoms with van der Waals surface area (Å²) in [5.41, 5.74) is 0. The van der Waals surface area contributed by atoms with Crippen LogP contribution in [0.25, 0.3) is 0 Å². The van der Waals surface area contributed by atoms with Gasteiger partial charge in [0.05, 0.1) is 6.54 Å². The number of halogens is 4. The van der Waals surface area contributed by atoms with Gasteiger partial charge in [-0.3, -0.25) is 9.59 Å². The van der Waals surface area contributed by atoms with Crippen LogP contribution in [0.2, 0.25) is 0 Å². The maximum absolute atomic E-state index is 13.1. The molecule has 0 fully saturated rings. The fourth-order valence-electron chi connectivity index (χ4n) is 1.04. The molecule has 98 valence electrons. The molecule has 1 aromatic rings. The summed E-state index contributed by atoms with van der Waals surface area (Å²) in [5.74, 6) is -8.78. The van der Waals surface area contributed by atoms with E-state index in [2.05, 4.69) is 4.74 Å². The summed E-state index contributed by atoms with van der Waals surface area (Å²) < 4.78 is 55.9. The molecule has 0 atom stereocenters. The number of hydrogen-bond acceptors (Lipinski definition) is 3. The second-order valence-corrected chi connectivity index (χ2v) is 3.12. The summed E-state index contributed by atoms with van der Waals surface area (Å²) in [6, 6.07) is 0.0211. The monoisotopic (exact) mass is 265 g/mol. The van der Waals surface area contributed by atoms with Crippen LogP contribution in [-0.4, -0.2) is 25.3 Å². The molecule has 0 spiro atoms. The van der Waals surface area contributed by atoms with E-state index in [1.54, 1.807) is 0 Å². The van der Waals surface area contributed by atoms with Gasteiger partial charge in [0.2, 0.25) is 18.0 Å². The van der Waals surface area contributed by atoms with Crippen LogP contribution in [0, 0.1) is 23.3 Å². The molecular formula is C10H7F4NO3. The Morgan fingerprint density at radius 3 is 2.28 bits per heavy atom. The molecule has 18 heavy (non-hydrogen) atoms. The minimum atomic E-state index is -1.73. The molecule has 0 heterocycles. The zero-order chi connectivity index (χ0) is 13.7. The zero-order valence-electron chi connectivity index (χ0n) is 8.81. The largest absolute Gasteiger partial charge is 0.479 e. The van der Waals surface area contributed by atoms with E-state index in [-0.39, 0.29) is 12.5 Å². The molecule has 0 saturated carbocycles. The van der Waals surface area contributed by atoms with Crippen molar-refractivity contribution >= 4 is 12.2 Å². The molecule has 1 N–H and O–H groups in total. The van der Waals surface area contributed by atoms with Gasteiger partial charge in [-0.25, -0.2) is 8.78 Å². The fourth-order valence-corrected chi connectivity index (χ4v) is 1.04.